The van der Waals surface area contributed by atoms with Crippen molar-refractivity contribution in [2.75, 3.05) is 26.4 Å². The molecule has 12 N–H and O–H groups in total. The zero-order valence-electron chi connectivity index (χ0n) is 45.3. The van der Waals surface area contributed by atoms with Gasteiger partial charge in [-0.25, -0.2) is 0 Å². The molecule has 1 amide bonds. The van der Waals surface area contributed by atoms with Gasteiger partial charge >= 0.3 is 0 Å². The molecule has 19 heteroatoms. The SMILES string of the molecule is CCCCCC/C=C\CCCCCCCC(=O)NC(COC1OC(CO)C(OC2OC(CO)C(OC3OC(CO)C(O)C(O)C3O)C(O)C2O)C(O)C1O)C(O)/C=C/CC/C=C/CCCCCCCCCCCCC. The van der Waals surface area contributed by atoms with Crippen LogP contribution in [0.5, 0.6) is 0 Å². The van der Waals surface area contributed by atoms with E-state index in [4.69, 9.17) is 28.4 Å². The summed E-state index contributed by atoms with van der Waals surface area (Å²) in [7, 11) is 0. The van der Waals surface area contributed by atoms with Crippen molar-refractivity contribution in [3.05, 3.63) is 36.5 Å². The number of ether oxygens (including phenoxy) is 6. The van der Waals surface area contributed by atoms with E-state index in [1.807, 2.05) is 6.08 Å². The summed E-state index contributed by atoms with van der Waals surface area (Å²) in [6.45, 7) is 1.66. The molecule has 0 aliphatic carbocycles. The van der Waals surface area contributed by atoms with Gasteiger partial charge in [0.1, 0.15) is 73.2 Å². The van der Waals surface area contributed by atoms with Crippen LogP contribution in [-0.2, 0) is 33.2 Å². The quantitative estimate of drug-likeness (QED) is 0.0302. The highest BCUT2D eigenvalue weighted by Crippen LogP contribution is 2.33. The van der Waals surface area contributed by atoms with Gasteiger partial charge in [-0.05, 0) is 57.8 Å². The van der Waals surface area contributed by atoms with Crippen LogP contribution in [0.4, 0.5) is 0 Å². The average molecular weight is 1080 g/mol. The second kappa shape index (κ2) is 40.2. The molecule has 438 valence electrons. The summed E-state index contributed by atoms with van der Waals surface area (Å²) in [6, 6.07) is -0.991. The first-order valence-corrected chi connectivity index (χ1v) is 28.7. The maximum absolute atomic E-state index is 13.3. The number of aliphatic hydroxyl groups is 11. The van der Waals surface area contributed by atoms with E-state index in [0.717, 1.165) is 57.8 Å². The monoisotopic (exact) mass is 1080 g/mol. The highest BCUT2D eigenvalue weighted by atomic mass is 16.8. The Balaban J connectivity index is 1.54. The smallest absolute Gasteiger partial charge is 0.220 e. The molecule has 0 aromatic rings. The first-order valence-electron chi connectivity index (χ1n) is 28.7. The van der Waals surface area contributed by atoms with Crippen LogP contribution in [0.1, 0.15) is 181 Å². The number of aliphatic hydroxyl groups excluding tert-OH is 11. The summed E-state index contributed by atoms with van der Waals surface area (Å²) in [4.78, 5) is 13.3. The molecule has 0 aromatic heterocycles. The molecule has 3 aliphatic rings. The third-order valence-corrected chi connectivity index (χ3v) is 14.4. The predicted molar refractivity (Wildman–Crippen MR) is 282 cm³/mol. The van der Waals surface area contributed by atoms with Crippen molar-refractivity contribution in [3.63, 3.8) is 0 Å². The minimum atomic E-state index is -1.98. The minimum absolute atomic E-state index is 0.225. The minimum Gasteiger partial charge on any atom is -0.394 e. The van der Waals surface area contributed by atoms with E-state index in [-0.39, 0.29) is 18.9 Å². The summed E-state index contributed by atoms with van der Waals surface area (Å²) in [5.41, 5.74) is 0. The maximum Gasteiger partial charge on any atom is 0.220 e. The second-order valence-electron chi connectivity index (χ2n) is 20.7. The Morgan fingerprint density at radius 1 is 0.467 bits per heavy atom. The lowest BCUT2D eigenvalue weighted by Crippen LogP contribution is -2.66. The third kappa shape index (κ3) is 24.9. The van der Waals surface area contributed by atoms with Gasteiger partial charge in [0.25, 0.3) is 0 Å². The van der Waals surface area contributed by atoms with Crippen LogP contribution >= 0.6 is 0 Å². The molecule has 3 fully saturated rings. The Labute approximate surface area is 447 Å². The van der Waals surface area contributed by atoms with Gasteiger partial charge in [0.05, 0.1) is 38.6 Å². The fourth-order valence-electron chi connectivity index (χ4n) is 9.61. The van der Waals surface area contributed by atoms with E-state index < -0.39 is 124 Å². The van der Waals surface area contributed by atoms with Gasteiger partial charge in [0.15, 0.2) is 18.9 Å². The van der Waals surface area contributed by atoms with E-state index >= 15 is 0 Å². The molecule has 75 heavy (non-hydrogen) atoms. The van der Waals surface area contributed by atoms with Crippen molar-refractivity contribution in [2.45, 2.75) is 285 Å². The Hall–Kier alpha value is -1.99. The van der Waals surface area contributed by atoms with Crippen LogP contribution in [0.15, 0.2) is 36.5 Å². The first kappa shape index (κ1) is 67.3. The molecule has 3 aliphatic heterocycles. The van der Waals surface area contributed by atoms with E-state index in [1.165, 1.54) is 89.9 Å². The van der Waals surface area contributed by atoms with Crippen molar-refractivity contribution >= 4 is 5.91 Å². The number of amides is 1. The van der Waals surface area contributed by atoms with Gasteiger partial charge in [-0.3, -0.25) is 4.79 Å². The average Bonchev–Trinajstić information content (AvgIpc) is 3.41. The van der Waals surface area contributed by atoms with Gasteiger partial charge in [-0.2, -0.15) is 0 Å². The number of carbonyl (C=O) groups excluding carboxylic acids is 1. The third-order valence-electron chi connectivity index (χ3n) is 14.4. The number of nitrogens with one attached hydrogen (secondary N) is 1. The molecule has 3 saturated heterocycles. The van der Waals surface area contributed by atoms with Crippen LogP contribution in [0.3, 0.4) is 0 Å². The number of unbranched alkanes of at least 4 members (excludes halogenated alkanes) is 21. The molecule has 0 spiro atoms. The normalized spacial score (nSPS) is 31.5. The lowest BCUT2D eigenvalue weighted by atomic mass is 9.96. The van der Waals surface area contributed by atoms with Crippen molar-refractivity contribution in [3.8, 4) is 0 Å². The molecule has 0 saturated carbocycles. The number of carbonyl (C=O) groups is 1. The van der Waals surface area contributed by atoms with Crippen molar-refractivity contribution in [1.29, 1.82) is 0 Å². The molecule has 0 aromatic carbocycles. The Kier molecular flexibility index (Phi) is 36.1. The summed E-state index contributed by atoms with van der Waals surface area (Å²) < 4.78 is 34.2. The lowest BCUT2D eigenvalue weighted by molar-refractivity contribution is -0.379. The van der Waals surface area contributed by atoms with Gasteiger partial charge in [0.2, 0.25) is 5.91 Å². The molecule has 17 unspecified atom stereocenters. The van der Waals surface area contributed by atoms with Gasteiger partial charge in [-0.1, -0.05) is 153 Å². The van der Waals surface area contributed by atoms with Crippen LogP contribution in [0.2, 0.25) is 0 Å². The summed E-state index contributed by atoms with van der Waals surface area (Å²) >= 11 is 0. The van der Waals surface area contributed by atoms with Crippen molar-refractivity contribution < 1.29 is 89.4 Å². The molecular formula is C56H101NO18. The number of allylic oxidation sites excluding steroid dienone is 5. The molecule has 3 rings (SSSR count). The molecule has 3 heterocycles. The van der Waals surface area contributed by atoms with E-state index in [2.05, 4.69) is 43.5 Å². The molecule has 19 nitrogen and oxygen atoms in total. The summed E-state index contributed by atoms with van der Waals surface area (Å²) in [6.07, 6.45) is 14.2. The molecule has 0 radical (unpaired) electrons. The summed E-state index contributed by atoms with van der Waals surface area (Å²) in [5.74, 6) is -0.297. The largest absolute Gasteiger partial charge is 0.394 e. The summed E-state index contributed by atoms with van der Waals surface area (Å²) in [5, 5.41) is 120. The fraction of sp³-hybridized carbons (Fsp3) is 0.875. The Morgan fingerprint density at radius 2 is 0.853 bits per heavy atom. The number of rotatable bonds is 41. The van der Waals surface area contributed by atoms with Crippen molar-refractivity contribution in [2.24, 2.45) is 0 Å². The maximum atomic E-state index is 13.3. The van der Waals surface area contributed by atoms with Crippen molar-refractivity contribution in [1.82, 2.24) is 5.32 Å². The zero-order chi connectivity index (χ0) is 54.8. The molecule has 0 bridgehead atoms. The van der Waals surface area contributed by atoms with Gasteiger partial charge < -0.3 is 89.9 Å². The van der Waals surface area contributed by atoms with Crippen LogP contribution in [0.25, 0.3) is 0 Å². The highest BCUT2D eigenvalue weighted by molar-refractivity contribution is 5.76. The topological polar surface area (TPSA) is 307 Å². The number of hydrogen-bond donors (Lipinski definition) is 12. The second-order valence-corrected chi connectivity index (χ2v) is 20.7. The lowest BCUT2D eigenvalue weighted by Gasteiger charge is -2.48. The predicted octanol–water partition coefficient (Wildman–Crippen LogP) is 4.15. The fourth-order valence-corrected chi connectivity index (χ4v) is 9.61. The van der Waals surface area contributed by atoms with E-state index in [1.54, 1.807) is 6.08 Å². The molecular weight excluding hydrogens is 975 g/mol. The van der Waals surface area contributed by atoms with Gasteiger partial charge in [0, 0.05) is 6.42 Å². The Bertz CT molecular complexity index is 1520. The van der Waals surface area contributed by atoms with E-state index in [9.17, 15) is 61.0 Å². The van der Waals surface area contributed by atoms with Crippen LogP contribution < -0.4 is 5.32 Å². The Morgan fingerprint density at radius 3 is 1.35 bits per heavy atom. The number of hydrogen-bond acceptors (Lipinski definition) is 18. The van der Waals surface area contributed by atoms with Gasteiger partial charge in [-0.15, -0.1) is 0 Å². The standard InChI is InChI=1S/C56H101NO18/c1-3-5-7-9-11-13-15-17-18-19-20-22-23-25-27-29-31-33-40(61)39(57-44(62)34-32-30-28-26-24-21-16-14-12-10-8-6-4-2)38-70-54-50(68)47(65)52(42(36-59)72-54)75-56-51(69)48(66)53(43(37-60)73-56)74-55-49(67)46(64)45(63)41(35-58)71-55/h14,16,23,25,31,33,39-43,45-56,58-61,63-69H,3-13,15,17-22,24,26-30,32,34-38H2,1-2H3,(H,57,62)/b16-14-,25-23+,33-31+. The zero-order valence-corrected chi connectivity index (χ0v) is 45.3. The van der Waals surface area contributed by atoms with Crippen LogP contribution in [-0.4, -0.2) is 193 Å². The van der Waals surface area contributed by atoms with E-state index in [0.29, 0.717) is 12.8 Å². The van der Waals surface area contributed by atoms with Crippen LogP contribution in [0, 0.1) is 0 Å². The molecule has 17 atom stereocenters. The highest BCUT2D eigenvalue weighted by Gasteiger charge is 2.53. The first-order chi connectivity index (χ1) is 36.3.